The van der Waals surface area contributed by atoms with Crippen molar-refractivity contribution in [2.75, 3.05) is 51.3 Å². The summed E-state index contributed by atoms with van der Waals surface area (Å²) in [6, 6.07) is 13.8. The molecule has 7 heteroatoms. The number of nitrogens with zero attached hydrogens (tertiary/aromatic N) is 3. The molecule has 2 aliphatic rings. The average molecular weight is 426 g/mol. The van der Waals surface area contributed by atoms with Gasteiger partial charge in [-0.1, -0.05) is 12.1 Å². The summed E-state index contributed by atoms with van der Waals surface area (Å²) in [6.45, 7) is 4.92. The minimum atomic E-state index is -0.491. The molecule has 2 fully saturated rings. The van der Waals surface area contributed by atoms with Gasteiger partial charge in [-0.25, -0.2) is 9.18 Å². The van der Waals surface area contributed by atoms with E-state index in [2.05, 4.69) is 9.80 Å². The minimum absolute atomic E-state index is 0.115. The zero-order valence-corrected chi connectivity index (χ0v) is 17.8. The molecule has 0 saturated carbocycles. The lowest BCUT2D eigenvalue weighted by Gasteiger charge is -2.44. The molecule has 0 spiro atoms. The lowest BCUT2D eigenvalue weighted by Crippen LogP contribution is -2.56. The Morgan fingerprint density at radius 3 is 2.29 bits per heavy atom. The van der Waals surface area contributed by atoms with Gasteiger partial charge in [-0.2, -0.15) is 0 Å². The van der Waals surface area contributed by atoms with Crippen LogP contribution in [0.1, 0.15) is 33.6 Å². The van der Waals surface area contributed by atoms with Crippen LogP contribution in [0.3, 0.4) is 0 Å². The average Bonchev–Trinajstić information content (AvgIpc) is 2.84. The highest BCUT2D eigenvalue weighted by molar-refractivity contribution is 6.05. The summed E-state index contributed by atoms with van der Waals surface area (Å²) in [6.07, 6.45) is 1.99. The van der Waals surface area contributed by atoms with Gasteiger partial charge in [0.1, 0.15) is 5.82 Å². The summed E-state index contributed by atoms with van der Waals surface area (Å²) in [5.41, 5.74) is 1.75. The topological polar surface area (TPSA) is 53.1 Å². The van der Waals surface area contributed by atoms with Gasteiger partial charge in [0, 0.05) is 51.0 Å². The molecule has 2 heterocycles. The summed E-state index contributed by atoms with van der Waals surface area (Å²) >= 11 is 0. The molecule has 2 aromatic rings. The third-order valence-corrected chi connectivity index (χ3v) is 6.27. The Bertz CT molecular complexity index is 926. The maximum atomic E-state index is 13.2. The van der Waals surface area contributed by atoms with E-state index in [0.717, 1.165) is 44.7 Å². The van der Waals surface area contributed by atoms with E-state index < -0.39 is 5.97 Å². The van der Waals surface area contributed by atoms with E-state index in [9.17, 15) is 14.0 Å². The lowest BCUT2D eigenvalue weighted by atomic mass is 10.0. The molecule has 0 aliphatic carbocycles. The summed E-state index contributed by atoms with van der Waals surface area (Å²) < 4.78 is 18.0. The maximum Gasteiger partial charge on any atom is 0.338 e. The van der Waals surface area contributed by atoms with Crippen LogP contribution in [0.5, 0.6) is 0 Å². The molecule has 0 aromatic heterocycles. The Morgan fingerprint density at radius 2 is 1.61 bits per heavy atom. The van der Waals surface area contributed by atoms with Crippen LogP contribution < -0.4 is 4.90 Å². The number of piperazine rings is 1. The predicted molar refractivity (Wildman–Crippen MR) is 117 cm³/mol. The molecule has 1 atom stereocenters. The van der Waals surface area contributed by atoms with Crippen molar-refractivity contribution < 1.29 is 18.7 Å². The Hall–Kier alpha value is -2.93. The zero-order chi connectivity index (χ0) is 21.8. The number of benzene rings is 2. The largest absolute Gasteiger partial charge is 0.465 e. The van der Waals surface area contributed by atoms with Gasteiger partial charge in [0.15, 0.2) is 0 Å². The highest BCUT2D eigenvalue weighted by Gasteiger charge is 2.31. The fourth-order valence-corrected chi connectivity index (χ4v) is 4.56. The van der Waals surface area contributed by atoms with Gasteiger partial charge in [0.05, 0.1) is 18.2 Å². The van der Waals surface area contributed by atoms with Crippen LogP contribution in [0.25, 0.3) is 0 Å². The molecule has 0 bridgehead atoms. The van der Waals surface area contributed by atoms with Crippen LogP contribution in [-0.4, -0.2) is 74.1 Å². The minimum Gasteiger partial charge on any atom is -0.465 e. The number of likely N-dealkylation sites (tertiary alicyclic amines) is 1. The number of amides is 1. The predicted octanol–water partition coefficient (Wildman–Crippen LogP) is 3.04. The molecule has 2 aliphatic heterocycles. The first kappa shape index (κ1) is 21.3. The van der Waals surface area contributed by atoms with E-state index >= 15 is 0 Å². The summed E-state index contributed by atoms with van der Waals surface area (Å²) in [5, 5.41) is 0. The first-order valence-electron chi connectivity index (χ1n) is 10.8. The van der Waals surface area contributed by atoms with Gasteiger partial charge in [-0.05, 0) is 49.2 Å². The van der Waals surface area contributed by atoms with Crippen molar-refractivity contribution in [3.63, 3.8) is 0 Å². The summed E-state index contributed by atoms with van der Waals surface area (Å²) in [7, 11) is 1.33. The number of rotatable bonds is 4. The molecule has 0 N–H and O–H groups in total. The molecule has 164 valence electrons. The van der Waals surface area contributed by atoms with Gasteiger partial charge >= 0.3 is 5.97 Å². The number of hydrogen-bond donors (Lipinski definition) is 0. The zero-order valence-electron chi connectivity index (χ0n) is 17.8. The second kappa shape index (κ2) is 9.47. The number of anilines is 1. The third kappa shape index (κ3) is 4.71. The number of piperidine rings is 1. The molecule has 4 rings (SSSR count). The van der Waals surface area contributed by atoms with Crippen molar-refractivity contribution in [3.8, 4) is 0 Å². The molecule has 1 amide bonds. The van der Waals surface area contributed by atoms with Crippen molar-refractivity contribution in [2.45, 2.75) is 18.9 Å². The molecular formula is C24H28FN3O3. The quantitative estimate of drug-likeness (QED) is 0.705. The molecule has 31 heavy (non-hydrogen) atoms. The Kier molecular flexibility index (Phi) is 6.51. The highest BCUT2D eigenvalue weighted by atomic mass is 19.1. The van der Waals surface area contributed by atoms with E-state index in [1.165, 1.54) is 19.2 Å². The number of carbonyl (C=O) groups is 2. The summed E-state index contributed by atoms with van der Waals surface area (Å²) in [5.74, 6) is -0.826. The SMILES string of the molecule is COC(=O)c1ccccc1C(=O)N1CCC[C@H](N2CCN(c3ccc(F)cc3)CC2)C1. The van der Waals surface area contributed by atoms with Crippen molar-refractivity contribution >= 4 is 17.6 Å². The van der Waals surface area contributed by atoms with Gasteiger partial charge in [0.2, 0.25) is 0 Å². The van der Waals surface area contributed by atoms with Crippen LogP contribution in [-0.2, 0) is 4.74 Å². The first-order chi connectivity index (χ1) is 15.1. The fourth-order valence-electron chi connectivity index (χ4n) is 4.56. The molecule has 0 unspecified atom stereocenters. The summed E-state index contributed by atoms with van der Waals surface area (Å²) in [4.78, 5) is 31.9. The van der Waals surface area contributed by atoms with Gasteiger partial charge in [-0.3, -0.25) is 9.69 Å². The van der Waals surface area contributed by atoms with Gasteiger partial charge < -0.3 is 14.5 Å². The van der Waals surface area contributed by atoms with Crippen LogP contribution in [0.4, 0.5) is 10.1 Å². The van der Waals surface area contributed by atoms with Crippen LogP contribution in [0.15, 0.2) is 48.5 Å². The Morgan fingerprint density at radius 1 is 0.935 bits per heavy atom. The number of methoxy groups -OCH3 is 1. The van der Waals surface area contributed by atoms with Crippen molar-refractivity contribution in [1.82, 2.24) is 9.80 Å². The number of hydrogen-bond acceptors (Lipinski definition) is 5. The third-order valence-electron chi connectivity index (χ3n) is 6.27. The van der Waals surface area contributed by atoms with Crippen LogP contribution in [0, 0.1) is 5.82 Å². The second-order valence-corrected chi connectivity index (χ2v) is 8.08. The number of carbonyl (C=O) groups excluding carboxylic acids is 2. The van der Waals surface area contributed by atoms with Gasteiger partial charge in [-0.15, -0.1) is 0 Å². The van der Waals surface area contributed by atoms with E-state index in [1.807, 2.05) is 17.0 Å². The highest BCUT2D eigenvalue weighted by Crippen LogP contribution is 2.23. The maximum absolute atomic E-state index is 13.2. The van der Waals surface area contributed by atoms with E-state index in [-0.39, 0.29) is 11.7 Å². The second-order valence-electron chi connectivity index (χ2n) is 8.08. The van der Waals surface area contributed by atoms with Crippen LogP contribution in [0.2, 0.25) is 0 Å². The molecular weight excluding hydrogens is 397 g/mol. The Labute approximate surface area is 182 Å². The number of halogens is 1. The van der Waals surface area contributed by atoms with Crippen molar-refractivity contribution in [2.24, 2.45) is 0 Å². The smallest absolute Gasteiger partial charge is 0.338 e. The van der Waals surface area contributed by atoms with Crippen molar-refractivity contribution in [1.29, 1.82) is 0 Å². The monoisotopic (exact) mass is 425 g/mol. The van der Waals surface area contributed by atoms with E-state index in [0.29, 0.717) is 30.3 Å². The molecule has 0 radical (unpaired) electrons. The Balaban J connectivity index is 1.39. The van der Waals surface area contributed by atoms with E-state index in [4.69, 9.17) is 4.74 Å². The van der Waals surface area contributed by atoms with Crippen LogP contribution >= 0.6 is 0 Å². The lowest BCUT2D eigenvalue weighted by molar-refractivity contribution is 0.0539. The van der Waals surface area contributed by atoms with Crippen molar-refractivity contribution in [3.05, 3.63) is 65.5 Å². The molecule has 2 saturated heterocycles. The molecule has 2 aromatic carbocycles. The number of ether oxygens (including phenoxy) is 1. The first-order valence-corrected chi connectivity index (χ1v) is 10.8. The molecule has 6 nitrogen and oxygen atoms in total. The fraction of sp³-hybridized carbons (Fsp3) is 0.417. The van der Waals surface area contributed by atoms with E-state index in [1.54, 1.807) is 24.3 Å². The normalized spacial score (nSPS) is 19.9. The van der Waals surface area contributed by atoms with Gasteiger partial charge in [0.25, 0.3) is 5.91 Å². The standard InChI is InChI=1S/C24H28FN3O3/c1-31-24(30)22-7-3-2-6-21(22)23(29)28-12-4-5-20(17-28)27-15-13-26(14-16-27)19-10-8-18(25)9-11-19/h2-3,6-11,20H,4-5,12-17H2,1H3/t20-/m0/s1. The number of esters is 1.